The van der Waals surface area contributed by atoms with Crippen LogP contribution in [0.5, 0.6) is 0 Å². The Morgan fingerprint density at radius 2 is 2.06 bits per heavy atom. The SMILES string of the molecule is N#CCC(=O)Nc1cccc(-n2cccc2)c1. The molecule has 0 fully saturated rings. The molecule has 0 atom stereocenters. The van der Waals surface area contributed by atoms with Gasteiger partial charge in [-0.05, 0) is 30.3 Å². The summed E-state index contributed by atoms with van der Waals surface area (Å²) in [5.41, 5.74) is 1.65. The van der Waals surface area contributed by atoms with Crippen molar-refractivity contribution in [1.82, 2.24) is 4.57 Å². The van der Waals surface area contributed by atoms with Crippen molar-refractivity contribution in [2.24, 2.45) is 0 Å². The van der Waals surface area contributed by atoms with Crippen LogP contribution in [0.25, 0.3) is 5.69 Å². The highest BCUT2D eigenvalue weighted by molar-refractivity contribution is 5.92. The Morgan fingerprint density at radius 3 is 2.76 bits per heavy atom. The van der Waals surface area contributed by atoms with Gasteiger partial charge in [-0.2, -0.15) is 5.26 Å². The summed E-state index contributed by atoms with van der Waals surface area (Å²) in [5.74, 6) is -0.294. The fraction of sp³-hybridized carbons (Fsp3) is 0.0769. The Morgan fingerprint density at radius 1 is 1.29 bits per heavy atom. The average Bonchev–Trinajstić information content (AvgIpc) is 2.83. The number of benzene rings is 1. The summed E-state index contributed by atoms with van der Waals surface area (Å²) in [4.78, 5) is 11.3. The van der Waals surface area contributed by atoms with Crippen LogP contribution < -0.4 is 5.32 Å². The van der Waals surface area contributed by atoms with E-state index in [9.17, 15) is 4.79 Å². The van der Waals surface area contributed by atoms with E-state index in [4.69, 9.17) is 5.26 Å². The lowest BCUT2D eigenvalue weighted by Crippen LogP contribution is -2.10. The monoisotopic (exact) mass is 225 g/mol. The molecule has 4 heteroatoms. The normalized spacial score (nSPS) is 9.59. The van der Waals surface area contributed by atoms with Gasteiger partial charge in [-0.1, -0.05) is 6.07 Å². The Balaban J connectivity index is 2.18. The molecule has 1 N–H and O–H groups in total. The second-order valence-corrected chi connectivity index (χ2v) is 3.52. The van der Waals surface area contributed by atoms with E-state index in [-0.39, 0.29) is 12.3 Å². The molecule has 0 unspecified atom stereocenters. The second-order valence-electron chi connectivity index (χ2n) is 3.52. The van der Waals surface area contributed by atoms with Crippen LogP contribution in [0.15, 0.2) is 48.8 Å². The van der Waals surface area contributed by atoms with Gasteiger partial charge in [0, 0.05) is 23.8 Å². The smallest absolute Gasteiger partial charge is 0.238 e. The number of hydrogen-bond acceptors (Lipinski definition) is 2. The zero-order chi connectivity index (χ0) is 12.1. The number of nitriles is 1. The first-order valence-electron chi connectivity index (χ1n) is 5.20. The lowest BCUT2D eigenvalue weighted by Gasteiger charge is -2.06. The van der Waals surface area contributed by atoms with E-state index >= 15 is 0 Å². The molecule has 1 aromatic heterocycles. The molecule has 4 nitrogen and oxygen atoms in total. The summed E-state index contributed by atoms with van der Waals surface area (Å²) < 4.78 is 1.94. The molecule has 2 aromatic rings. The summed E-state index contributed by atoms with van der Waals surface area (Å²) in [6.45, 7) is 0. The molecule has 0 saturated carbocycles. The standard InChI is InChI=1S/C13H11N3O/c14-7-6-13(17)15-11-4-3-5-12(10-11)16-8-1-2-9-16/h1-5,8-10H,6H2,(H,15,17). The van der Waals surface area contributed by atoms with E-state index in [0.717, 1.165) is 5.69 Å². The van der Waals surface area contributed by atoms with E-state index in [0.29, 0.717) is 5.69 Å². The molecule has 1 aromatic carbocycles. The molecule has 0 aliphatic carbocycles. The third-order valence-corrected chi connectivity index (χ3v) is 2.27. The Kier molecular flexibility index (Phi) is 3.22. The molecule has 2 rings (SSSR count). The van der Waals surface area contributed by atoms with E-state index in [2.05, 4.69) is 5.32 Å². The van der Waals surface area contributed by atoms with Crippen molar-refractivity contribution in [2.75, 3.05) is 5.32 Å². The number of nitrogens with one attached hydrogen (secondary N) is 1. The number of rotatable bonds is 3. The Bertz CT molecular complexity index is 552. The molecule has 0 spiro atoms. The van der Waals surface area contributed by atoms with Gasteiger partial charge in [0.1, 0.15) is 6.42 Å². The number of hydrogen-bond donors (Lipinski definition) is 1. The fourth-order valence-electron chi connectivity index (χ4n) is 1.53. The summed E-state index contributed by atoms with van der Waals surface area (Å²) in [6, 6.07) is 13.1. The van der Waals surface area contributed by atoms with Crippen LogP contribution in [-0.2, 0) is 4.79 Å². The van der Waals surface area contributed by atoms with Crippen molar-refractivity contribution >= 4 is 11.6 Å². The van der Waals surface area contributed by atoms with Crippen LogP contribution in [-0.4, -0.2) is 10.5 Å². The molecule has 0 aliphatic rings. The number of anilines is 1. The average molecular weight is 225 g/mol. The number of carbonyl (C=O) groups is 1. The predicted molar refractivity (Wildman–Crippen MR) is 64.6 cm³/mol. The molecule has 0 radical (unpaired) electrons. The van der Waals surface area contributed by atoms with E-state index in [1.54, 1.807) is 6.07 Å². The van der Waals surface area contributed by atoms with Crippen molar-refractivity contribution in [3.8, 4) is 11.8 Å². The van der Waals surface area contributed by atoms with Gasteiger partial charge in [0.2, 0.25) is 5.91 Å². The predicted octanol–water partition coefficient (Wildman–Crippen LogP) is 2.33. The Hall–Kier alpha value is -2.54. The van der Waals surface area contributed by atoms with Crippen LogP contribution in [0.2, 0.25) is 0 Å². The maximum absolute atomic E-state index is 11.3. The van der Waals surface area contributed by atoms with Crippen LogP contribution in [0, 0.1) is 11.3 Å². The van der Waals surface area contributed by atoms with Crippen molar-refractivity contribution in [2.45, 2.75) is 6.42 Å². The number of aromatic nitrogens is 1. The molecule has 0 aliphatic heterocycles. The highest BCUT2D eigenvalue weighted by Crippen LogP contribution is 2.14. The third kappa shape index (κ3) is 2.73. The van der Waals surface area contributed by atoms with Crippen LogP contribution in [0.4, 0.5) is 5.69 Å². The molecular formula is C13H11N3O. The van der Waals surface area contributed by atoms with Crippen molar-refractivity contribution in [3.63, 3.8) is 0 Å². The Labute approximate surface area is 99.1 Å². The number of nitrogens with zero attached hydrogens (tertiary/aromatic N) is 2. The van der Waals surface area contributed by atoms with Gasteiger partial charge in [-0.15, -0.1) is 0 Å². The van der Waals surface area contributed by atoms with Gasteiger partial charge >= 0.3 is 0 Å². The first kappa shape index (κ1) is 11.0. The molecular weight excluding hydrogens is 214 g/mol. The lowest BCUT2D eigenvalue weighted by atomic mass is 10.2. The highest BCUT2D eigenvalue weighted by Gasteiger charge is 2.02. The lowest BCUT2D eigenvalue weighted by molar-refractivity contribution is -0.115. The first-order valence-corrected chi connectivity index (χ1v) is 5.20. The van der Waals surface area contributed by atoms with Gasteiger partial charge in [0.05, 0.1) is 6.07 Å². The minimum Gasteiger partial charge on any atom is -0.325 e. The molecule has 84 valence electrons. The van der Waals surface area contributed by atoms with Crippen molar-refractivity contribution in [3.05, 3.63) is 48.8 Å². The van der Waals surface area contributed by atoms with Crippen LogP contribution in [0.1, 0.15) is 6.42 Å². The molecule has 17 heavy (non-hydrogen) atoms. The van der Waals surface area contributed by atoms with Gasteiger partial charge in [-0.25, -0.2) is 0 Å². The van der Waals surface area contributed by atoms with Crippen LogP contribution in [0.3, 0.4) is 0 Å². The van der Waals surface area contributed by atoms with Crippen molar-refractivity contribution in [1.29, 1.82) is 5.26 Å². The molecule has 0 bridgehead atoms. The van der Waals surface area contributed by atoms with Gasteiger partial charge in [0.15, 0.2) is 0 Å². The minimum atomic E-state index is -0.294. The largest absolute Gasteiger partial charge is 0.325 e. The third-order valence-electron chi connectivity index (χ3n) is 2.27. The summed E-state index contributed by atoms with van der Waals surface area (Å²) in [5, 5.41) is 11.1. The fourth-order valence-corrected chi connectivity index (χ4v) is 1.53. The number of amides is 1. The van der Waals surface area contributed by atoms with Gasteiger partial charge in [0.25, 0.3) is 0 Å². The molecule has 1 heterocycles. The molecule has 1 amide bonds. The topological polar surface area (TPSA) is 57.8 Å². The van der Waals surface area contributed by atoms with E-state index < -0.39 is 0 Å². The first-order chi connectivity index (χ1) is 8.29. The quantitative estimate of drug-likeness (QED) is 0.871. The van der Waals surface area contributed by atoms with Gasteiger partial charge in [-0.3, -0.25) is 4.79 Å². The van der Waals surface area contributed by atoms with E-state index in [1.807, 2.05) is 53.4 Å². The van der Waals surface area contributed by atoms with E-state index in [1.165, 1.54) is 0 Å². The zero-order valence-corrected chi connectivity index (χ0v) is 9.13. The minimum absolute atomic E-state index is 0.131. The van der Waals surface area contributed by atoms with Crippen LogP contribution >= 0.6 is 0 Å². The van der Waals surface area contributed by atoms with Crippen molar-refractivity contribution < 1.29 is 4.79 Å². The summed E-state index contributed by atoms with van der Waals surface area (Å²) in [6.07, 6.45) is 3.72. The van der Waals surface area contributed by atoms with Gasteiger partial charge < -0.3 is 9.88 Å². The number of carbonyl (C=O) groups excluding carboxylic acids is 1. The maximum atomic E-state index is 11.3. The summed E-state index contributed by atoms with van der Waals surface area (Å²) in [7, 11) is 0. The molecule has 0 saturated heterocycles. The second kappa shape index (κ2) is 4.99. The maximum Gasteiger partial charge on any atom is 0.238 e. The summed E-state index contributed by atoms with van der Waals surface area (Å²) >= 11 is 0. The zero-order valence-electron chi connectivity index (χ0n) is 9.13. The highest BCUT2D eigenvalue weighted by atomic mass is 16.1.